The second-order valence-electron chi connectivity index (χ2n) is 14.5. The van der Waals surface area contributed by atoms with Gasteiger partial charge in [-0.15, -0.1) is 0 Å². The molecule has 0 spiro atoms. The van der Waals surface area contributed by atoms with E-state index in [-0.39, 0.29) is 5.41 Å². The zero-order chi connectivity index (χ0) is 34.0. The number of ether oxygens (including phenoxy) is 1. The molecule has 0 fully saturated rings. The van der Waals surface area contributed by atoms with Gasteiger partial charge in [-0.3, -0.25) is 0 Å². The SMILES string of the molecule is CC1(C)c2ccccc2N(c2ccc3c(c2)[Si](C)(C)c2cc(-c4cc(-c5ccccc5)nc(-c5ccccc5)c4)ccc2O3)c2ccccc21. The van der Waals surface area contributed by atoms with Gasteiger partial charge in [0.25, 0.3) is 0 Å². The van der Waals surface area contributed by atoms with Crippen molar-refractivity contribution in [2.24, 2.45) is 0 Å². The molecule has 0 atom stereocenters. The minimum atomic E-state index is -2.22. The lowest BCUT2D eigenvalue weighted by atomic mass is 9.73. The summed E-state index contributed by atoms with van der Waals surface area (Å²) >= 11 is 0. The van der Waals surface area contributed by atoms with E-state index in [0.29, 0.717) is 0 Å². The first-order valence-electron chi connectivity index (χ1n) is 17.4. The minimum Gasteiger partial charge on any atom is -0.458 e. The lowest BCUT2D eigenvalue weighted by Crippen LogP contribution is -2.56. The van der Waals surface area contributed by atoms with E-state index < -0.39 is 8.07 Å². The molecular weight excluding hydrogens is 625 g/mol. The summed E-state index contributed by atoms with van der Waals surface area (Å²) in [5, 5.41) is 2.61. The van der Waals surface area contributed by atoms with Crippen molar-refractivity contribution in [3.63, 3.8) is 0 Å². The summed E-state index contributed by atoms with van der Waals surface area (Å²) in [6, 6.07) is 56.6. The summed E-state index contributed by atoms with van der Waals surface area (Å²) < 4.78 is 6.71. The molecule has 0 unspecified atom stereocenters. The van der Waals surface area contributed by atoms with Gasteiger partial charge in [-0.25, -0.2) is 4.98 Å². The molecule has 7 aromatic rings. The van der Waals surface area contributed by atoms with Crippen LogP contribution < -0.4 is 20.0 Å². The van der Waals surface area contributed by atoms with E-state index in [1.807, 2.05) is 0 Å². The standard InChI is InChI=1S/C46H38N2OSi/c1-46(2)36-19-11-13-21-40(36)48(41-22-14-12-20-37(41)46)35-24-26-43-45(30-35)50(3,4)44-29-33(23-25-42(44)49-43)34-27-38(31-15-7-5-8-16-31)47-39(28-34)32-17-9-6-10-18-32/h5-30H,1-4H3. The molecule has 3 nitrogen and oxygen atoms in total. The third kappa shape index (κ3) is 4.82. The molecule has 0 bridgehead atoms. The van der Waals surface area contributed by atoms with Gasteiger partial charge in [0.1, 0.15) is 19.6 Å². The van der Waals surface area contributed by atoms with Crippen molar-refractivity contribution in [3.05, 3.63) is 169 Å². The van der Waals surface area contributed by atoms with E-state index in [1.165, 1.54) is 38.4 Å². The quantitative estimate of drug-likeness (QED) is 0.175. The van der Waals surface area contributed by atoms with Crippen LogP contribution in [0, 0.1) is 0 Å². The van der Waals surface area contributed by atoms with Crippen LogP contribution in [0.3, 0.4) is 0 Å². The van der Waals surface area contributed by atoms with Gasteiger partial charge in [-0.2, -0.15) is 0 Å². The Labute approximate surface area is 295 Å². The van der Waals surface area contributed by atoms with Gasteiger partial charge in [0.2, 0.25) is 0 Å². The molecule has 0 N–H and O–H groups in total. The Kier molecular flexibility index (Phi) is 6.94. The maximum absolute atomic E-state index is 6.71. The van der Waals surface area contributed by atoms with E-state index in [2.05, 4.69) is 190 Å². The summed E-state index contributed by atoms with van der Waals surface area (Å²) in [6.45, 7) is 9.59. The van der Waals surface area contributed by atoms with Crippen LogP contribution in [0.15, 0.2) is 158 Å². The number of hydrogen-bond acceptors (Lipinski definition) is 3. The Morgan fingerprint density at radius 3 is 1.58 bits per heavy atom. The monoisotopic (exact) mass is 662 g/mol. The van der Waals surface area contributed by atoms with Crippen LogP contribution in [0.4, 0.5) is 17.1 Å². The molecule has 50 heavy (non-hydrogen) atoms. The lowest BCUT2D eigenvalue weighted by molar-refractivity contribution is 0.487. The first kappa shape index (κ1) is 30.4. The first-order valence-corrected chi connectivity index (χ1v) is 20.4. The van der Waals surface area contributed by atoms with Gasteiger partial charge in [-0.1, -0.05) is 136 Å². The van der Waals surface area contributed by atoms with Crippen LogP contribution in [0.5, 0.6) is 11.5 Å². The second kappa shape index (κ2) is 11.4. The largest absolute Gasteiger partial charge is 0.458 e. The predicted molar refractivity (Wildman–Crippen MR) is 211 cm³/mol. The zero-order valence-electron chi connectivity index (χ0n) is 28.8. The van der Waals surface area contributed by atoms with Crippen LogP contribution in [0.2, 0.25) is 13.1 Å². The molecule has 4 heteroatoms. The molecular formula is C46H38N2OSi. The number of anilines is 3. The van der Waals surface area contributed by atoms with E-state index >= 15 is 0 Å². The second-order valence-corrected chi connectivity index (χ2v) is 18.8. The molecule has 0 amide bonds. The highest BCUT2D eigenvalue weighted by molar-refractivity contribution is 7.01. The number of pyridine rings is 1. The number of aromatic nitrogens is 1. The highest BCUT2D eigenvalue weighted by atomic mass is 28.3. The average molecular weight is 663 g/mol. The van der Waals surface area contributed by atoms with Crippen molar-refractivity contribution in [2.45, 2.75) is 32.4 Å². The van der Waals surface area contributed by atoms with Gasteiger partial charge >= 0.3 is 0 Å². The molecule has 0 radical (unpaired) electrons. The Morgan fingerprint density at radius 2 is 1.00 bits per heavy atom. The summed E-state index contributed by atoms with van der Waals surface area (Å²) in [7, 11) is -2.22. The maximum atomic E-state index is 6.71. The van der Waals surface area contributed by atoms with E-state index in [4.69, 9.17) is 9.72 Å². The predicted octanol–water partition coefficient (Wildman–Crippen LogP) is 11.1. The molecule has 0 aliphatic carbocycles. The van der Waals surface area contributed by atoms with E-state index in [0.717, 1.165) is 45.3 Å². The normalized spacial score (nSPS) is 14.8. The third-order valence-electron chi connectivity index (χ3n) is 10.7. The smallest absolute Gasteiger partial charge is 0.127 e. The Hall–Kier alpha value is -5.71. The van der Waals surface area contributed by atoms with Gasteiger partial charge in [0.15, 0.2) is 0 Å². The minimum absolute atomic E-state index is 0.0991. The van der Waals surface area contributed by atoms with Crippen molar-refractivity contribution in [3.8, 4) is 45.1 Å². The van der Waals surface area contributed by atoms with Gasteiger partial charge in [0.05, 0.1) is 22.8 Å². The third-order valence-corrected chi connectivity index (χ3v) is 14.2. The van der Waals surface area contributed by atoms with Crippen molar-refractivity contribution in [1.82, 2.24) is 4.98 Å². The molecule has 6 aromatic carbocycles. The number of benzene rings is 6. The fraction of sp³-hybridized carbons (Fsp3) is 0.109. The molecule has 3 heterocycles. The molecule has 2 aliphatic rings. The lowest BCUT2D eigenvalue weighted by Gasteiger charge is -2.42. The highest BCUT2D eigenvalue weighted by Crippen LogP contribution is 2.52. The van der Waals surface area contributed by atoms with Crippen LogP contribution in [-0.2, 0) is 5.41 Å². The van der Waals surface area contributed by atoms with Crippen LogP contribution in [0.1, 0.15) is 25.0 Å². The summed E-state index contributed by atoms with van der Waals surface area (Å²) in [5.74, 6) is 1.92. The Balaban J connectivity index is 1.16. The van der Waals surface area contributed by atoms with Crippen molar-refractivity contribution in [1.29, 1.82) is 0 Å². The van der Waals surface area contributed by atoms with Gasteiger partial charge in [-0.05, 0) is 81.2 Å². The zero-order valence-corrected chi connectivity index (χ0v) is 29.8. The number of hydrogen-bond donors (Lipinski definition) is 0. The molecule has 2 aliphatic heterocycles. The molecule has 242 valence electrons. The van der Waals surface area contributed by atoms with Gasteiger partial charge in [0, 0.05) is 22.2 Å². The van der Waals surface area contributed by atoms with E-state index in [9.17, 15) is 0 Å². The maximum Gasteiger partial charge on any atom is 0.127 e. The summed E-state index contributed by atoms with van der Waals surface area (Å²) in [4.78, 5) is 7.56. The fourth-order valence-electron chi connectivity index (χ4n) is 7.94. The summed E-state index contributed by atoms with van der Waals surface area (Å²) in [6.07, 6.45) is 0. The van der Waals surface area contributed by atoms with Crippen LogP contribution in [-0.4, -0.2) is 13.1 Å². The van der Waals surface area contributed by atoms with Gasteiger partial charge < -0.3 is 9.64 Å². The van der Waals surface area contributed by atoms with Crippen molar-refractivity contribution >= 4 is 35.5 Å². The van der Waals surface area contributed by atoms with Crippen LogP contribution >= 0.6 is 0 Å². The summed E-state index contributed by atoms with van der Waals surface area (Å²) in [5.41, 5.74) is 12.7. The molecule has 1 aromatic heterocycles. The highest BCUT2D eigenvalue weighted by Gasteiger charge is 2.40. The Morgan fingerprint density at radius 1 is 0.500 bits per heavy atom. The van der Waals surface area contributed by atoms with Crippen LogP contribution in [0.25, 0.3) is 33.6 Å². The number of rotatable bonds is 4. The van der Waals surface area contributed by atoms with E-state index in [1.54, 1.807) is 0 Å². The van der Waals surface area contributed by atoms with Crippen molar-refractivity contribution < 1.29 is 4.74 Å². The average Bonchev–Trinajstić information content (AvgIpc) is 3.16. The molecule has 0 saturated heterocycles. The fourth-order valence-corrected chi connectivity index (χ4v) is 10.8. The first-order chi connectivity index (χ1) is 24.3. The Bertz CT molecular complexity index is 2310. The number of nitrogens with zero attached hydrogens (tertiary/aromatic N) is 2. The molecule has 9 rings (SSSR count). The topological polar surface area (TPSA) is 25.4 Å². The number of para-hydroxylation sites is 2. The van der Waals surface area contributed by atoms with Crippen molar-refractivity contribution in [2.75, 3.05) is 4.90 Å². The number of fused-ring (bicyclic) bond motifs is 4. The molecule has 0 saturated carbocycles.